The van der Waals surface area contributed by atoms with Crippen LogP contribution in [0, 0.1) is 0 Å². The molecule has 2 rings (SSSR count). The molecule has 0 fully saturated rings. The molecule has 96 valence electrons. The minimum Gasteiger partial charge on any atom is -0.496 e. The van der Waals surface area contributed by atoms with Gasteiger partial charge in [-0.25, -0.2) is 0 Å². The summed E-state index contributed by atoms with van der Waals surface area (Å²) in [6, 6.07) is 9.18. The summed E-state index contributed by atoms with van der Waals surface area (Å²) >= 11 is 9.34. The summed E-state index contributed by atoms with van der Waals surface area (Å²) < 4.78 is 11.6. The maximum absolute atomic E-state index is 6.04. The second-order valence-electron chi connectivity index (χ2n) is 3.75. The van der Waals surface area contributed by atoms with Crippen LogP contribution in [0.25, 0.3) is 0 Å². The fourth-order valence-corrected chi connectivity index (χ4v) is 2.36. The quantitative estimate of drug-likeness (QED) is 0.919. The van der Waals surface area contributed by atoms with E-state index in [1.165, 1.54) is 0 Å². The van der Waals surface area contributed by atoms with Crippen LogP contribution >= 0.6 is 27.5 Å². The molecule has 2 aromatic rings. The number of furan rings is 1. The van der Waals surface area contributed by atoms with E-state index in [0.717, 1.165) is 17.1 Å². The zero-order valence-electron chi connectivity index (χ0n) is 10.0. The first-order valence-corrected chi connectivity index (χ1v) is 6.58. The standard InChI is InChI=1S/C13H13BrClNO2/c1-16-13(11-5-6-12(14)18-11)9-7-8(15)3-4-10(9)17-2/h3-7,13,16H,1-2H3. The van der Waals surface area contributed by atoms with Gasteiger partial charge in [-0.15, -0.1) is 0 Å². The lowest BCUT2D eigenvalue weighted by molar-refractivity contribution is 0.394. The van der Waals surface area contributed by atoms with Gasteiger partial charge in [0.1, 0.15) is 11.5 Å². The number of hydrogen-bond donors (Lipinski definition) is 1. The van der Waals surface area contributed by atoms with Gasteiger partial charge in [0.05, 0.1) is 13.2 Å². The summed E-state index contributed by atoms with van der Waals surface area (Å²) in [5, 5.41) is 3.86. The first-order valence-electron chi connectivity index (χ1n) is 5.41. The average Bonchev–Trinajstić information content (AvgIpc) is 2.77. The highest BCUT2D eigenvalue weighted by Crippen LogP contribution is 2.33. The normalized spacial score (nSPS) is 12.4. The van der Waals surface area contributed by atoms with Crippen LogP contribution in [-0.4, -0.2) is 14.2 Å². The summed E-state index contributed by atoms with van der Waals surface area (Å²) in [5.41, 5.74) is 0.939. The number of methoxy groups -OCH3 is 1. The summed E-state index contributed by atoms with van der Waals surface area (Å²) in [4.78, 5) is 0. The second-order valence-corrected chi connectivity index (χ2v) is 4.97. The molecule has 3 nitrogen and oxygen atoms in total. The minimum atomic E-state index is -0.107. The van der Waals surface area contributed by atoms with Gasteiger partial charge in [0, 0.05) is 10.6 Å². The van der Waals surface area contributed by atoms with E-state index in [1.807, 2.05) is 31.3 Å². The Morgan fingerprint density at radius 2 is 2.11 bits per heavy atom. The maximum atomic E-state index is 6.04. The van der Waals surface area contributed by atoms with Crippen molar-refractivity contribution in [3.8, 4) is 5.75 Å². The highest BCUT2D eigenvalue weighted by Gasteiger charge is 2.20. The average molecular weight is 331 g/mol. The van der Waals surface area contributed by atoms with Crippen LogP contribution in [0.15, 0.2) is 39.4 Å². The van der Waals surface area contributed by atoms with Crippen molar-refractivity contribution in [2.75, 3.05) is 14.2 Å². The van der Waals surface area contributed by atoms with Crippen molar-refractivity contribution < 1.29 is 9.15 Å². The number of ether oxygens (including phenoxy) is 1. The molecule has 5 heteroatoms. The van der Waals surface area contributed by atoms with Crippen LogP contribution in [0.4, 0.5) is 0 Å². The highest BCUT2D eigenvalue weighted by atomic mass is 79.9. The molecule has 0 aliphatic rings. The molecule has 0 saturated heterocycles. The number of nitrogens with one attached hydrogen (secondary N) is 1. The molecule has 1 aromatic heterocycles. The molecule has 0 bridgehead atoms. The van der Waals surface area contributed by atoms with Gasteiger partial charge < -0.3 is 14.5 Å². The molecule has 0 spiro atoms. The Balaban J connectivity index is 2.47. The van der Waals surface area contributed by atoms with Gasteiger partial charge in [-0.2, -0.15) is 0 Å². The molecule has 1 unspecified atom stereocenters. The third kappa shape index (κ3) is 2.71. The van der Waals surface area contributed by atoms with Crippen molar-refractivity contribution in [1.82, 2.24) is 5.32 Å². The second kappa shape index (κ2) is 5.78. The van der Waals surface area contributed by atoms with Crippen molar-refractivity contribution in [2.24, 2.45) is 0 Å². The van der Waals surface area contributed by atoms with Crippen molar-refractivity contribution in [1.29, 1.82) is 0 Å². The molecular formula is C13H13BrClNO2. The summed E-state index contributed by atoms with van der Waals surface area (Å²) in [6.07, 6.45) is 0. The maximum Gasteiger partial charge on any atom is 0.169 e. The Hall–Kier alpha value is -0.970. The number of halogens is 2. The SMILES string of the molecule is CNC(c1ccc(Br)o1)c1cc(Cl)ccc1OC. The first-order chi connectivity index (χ1) is 8.65. The van der Waals surface area contributed by atoms with E-state index >= 15 is 0 Å². The molecular weight excluding hydrogens is 318 g/mol. The molecule has 0 aliphatic heterocycles. The summed E-state index contributed by atoms with van der Waals surface area (Å²) in [7, 11) is 3.50. The van der Waals surface area contributed by atoms with Crippen molar-refractivity contribution in [3.05, 3.63) is 51.3 Å². The molecule has 0 aliphatic carbocycles. The molecule has 1 heterocycles. The topological polar surface area (TPSA) is 34.4 Å². The van der Waals surface area contributed by atoms with Crippen molar-refractivity contribution in [2.45, 2.75) is 6.04 Å². The van der Waals surface area contributed by atoms with E-state index < -0.39 is 0 Å². The van der Waals surface area contributed by atoms with Crippen LogP contribution in [0.2, 0.25) is 5.02 Å². The van der Waals surface area contributed by atoms with Crippen LogP contribution < -0.4 is 10.1 Å². The lowest BCUT2D eigenvalue weighted by Crippen LogP contribution is -2.17. The van der Waals surface area contributed by atoms with E-state index in [9.17, 15) is 0 Å². The van der Waals surface area contributed by atoms with Crippen LogP contribution in [-0.2, 0) is 0 Å². The van der Waals surface area contributed by atoms with E-state index in [0.29, 0.717) is 9.69 Å². The zero-order chi connectivity index (χ0) is 13.1. The molecule has 1 N–H and O–H groups in total. The van der Waals surface area contributed by atoms with Gasteiger partial charge >= 0.3 is 0 Å². The monoisotopic (exact) mass is 329 g/mol. The Morgan fingerprint density at radius 3 is 2.67 bits per heavy atom. The third-order valence-corrected chi connectivity index (χ3v) is 3.33. The van der Waals surface area contributed by atoms with E-state index in [2.05, 4.69) is 21.2 Å². The fourth-order valence-electron chi connectivity index (χ4n) is 1.87. The van der Waals surface area contributed by atoms with Gasteiger partial charge in [-0.3, -0.25) is 0 Å². The van der Waals surface area contributed by atoms with Crippen LogP contribution in [0.5, 0.6) is 5.75 Å². The van der Waals surface area contributed by atoms with Gasteiger partial charge in [0.25, 0.3) is 0 Å². The smallest absolute Gasteiger partial charge is 0.169 e. The Labute approximate surface area is 119 Å². The molecule has 0 saturated carbocycles. The summed E-state index contributed by atoms with van der Waals surface area (Å²) in [5.74, 6) is 1.57. The first kappa shape index (κ1) is 13.5. The lowest BCUT2D eigenvalue weighted by atomic mass is 10.0. The van der Waals surface area contributed by atoms with E-state index in [4.69, 9.17) is 20.8 Å². The Morgan fingerprint density at radius 1 is 1.33 bits per heavy atom. The van der Waals surface area contributed by atoms with Gasteiger partial charge in [0.15, 0.2) is 4.67 Å². The lowest BCUT2D eigenvalue weighted by Gasteiger charge is -2.17. The minimum absolute atomic E-state index is 0.107. The predicted molar refractivity (Wildman–Crippen MR) is 75.3 cm³/mol. The predicted octanol–water partition coefficient (Wildman–Crippen LogP) is 4.01. The van der Waals surface area contributed by atoms with Crippen molar-refractivity contribution >= 4 is 27.5 Å². The van der Waals surface area contributed by atoms with Gasteiger partial charge in [0.2, 0.25) is 0 Å². The van der Waals surface area contributed by atoms with E-state index in [-0.39, 0.29) is 6.04 Å². The van der Waals surface area contributed by atoms with Crippen molar-refractivity contribution in [3.63, 3.8) is 0 Å². The molecule has 1 aromatic carbocycles. The van der Waals surface area contributed by atoms with Crippen LogP contribution in [0.1, 0.15) is 17.4 Å². The van der Waals surface area contributed by atoms with Crippen LogP contribution in [0.3, 0.4) is 0 Å². The third-order valence-electron chi connectivity index (χ3n) is 2.67. The Kier molecular flexibility index (Phi) is 4.32. The Bertz CT molecular complexity index is 542. The number of hydrogen-bond acceptors (Lipinski definition) is 3. The van der Waals surface area contributed by atoms with E-state index in [1.54, 1.807) is 13.2 Å². The zero-order valence-corrected chi connectivity index (χ0v) is 12.4. The van der Waals surface area contributed by atoms with Gasteiger partial charge in [-0.05, 0) is 53.3 Å². The molecule has 18 heavy (non-hydrogen) atoms. The molecule has 1 atom stereocenters. The molecule has 0 radical (unpaired) electrons. The highest BCUT2D eigenvalue weighted by molar-refractivity contribution is 9.10. The molecule has 0 amide bonds. The number of rotatable bonds is 4. The summed E-state index contributed by atoms with van der Waals surface area (Å²) in [6.45, 7) is 0. The number of benzene rings is 1. The van der Waals surface area contributed by atoms with Gasteiger partial charge in [-0.1, -0.05) is 11.6 Å². The fraction of sp³-hybridized carbons (Fsp3) is 0.231. The largest absolute Gasteiger partial charge is 0.496 e.